The van der Waals surface area contributed by atoms with Crippen LogP contribution in [0.2, 0.25) is 0 Å². The standard InChI is InChI=1S/C10H11F7O4/c1-5(2)7(19)21-6(3-18)4-20-8(11,9(12,13)14)10(15,16)17/h6,18H,1,3-4H2,2H3. The molecule has 0 aliphatic heterocycles. The molecule has 0 aromatic rings. The van der Waals surface area contributed by atoms with Gasteiger partial charge in [0.25, 0.3) is 0 Å². The van der Waals surface area contributed by atoms with Crippen LogP contribution in [0.4, 0.5) is 30.7 Å². The summed E-state index contributed by atoms with van der Waals surface area (Å²) >= 11 is 0. The monoisotopic (exact) mass is 328 g/mol. The Morgan fingerprint density at radius 2 is 1.57 bits per heavy atom. The van der Waals surface area contributed by atoms with Crippen molar-refractivity contribution in [2.24, 2.45) is 0 Å². The van der Waals surface area contributed by atoms with E-state index < -0.39 is 43.5 Å². The van der Waals surface area contributed by atoms with Gasteiger partial charge in [-0.2, -0.15) is 30.7 Å². The largest absolute Gasteiger partial charge is 0.458 e. The predicted molar refractivity (Wildman–Crippen MR) is 53.7 cm³/mol. The van der Waals surface area contributed by atoms with Crippen LogP contribution in [0.1, 0.15) is 6.92 Å². The van der Waals surface area contributed by atoms with Crippen molar-refractivity contribution in [1.29, 1.82) is 0 Å². The fraction of sp³-hybridized carbons (Fsp3) is 0.700. The van der Waals surface area contributed by atoms with Crippen molar-refractivity contribution in [1.82, 2.24) is 0 Å². The molecule has 11 heteroatoms. The molecule has 0 amide bonds. The van der Waals surface area contributed by atoms with Gasteiger partial charge >= 0.3 is 24.2 Å². The summed E-state index contributed by atoms with van der Waals surface area (Å²) in [6.07, 6.45) is -14.7. The molecular weight excluding hydrogens is 317 g/mol. The van der Waals surface area contributed by atoms with E-state index in [4.69, 9.17) is 5.11 Å². The first-order valence-corrected chi connectivity index (χ1v) is 5.20. The number of ether oxygens (including phenoxy) is 2. The number of halogens is 7. The van der Waals surface area contributed by atoms with Crippen LogP contribution < -0.4 is 0 Å². The van der Waals surface area contributed by atoms with Crippen LogP contribution in [0.3, 0.4) is 0 Å². The highest BCUT2D eigenvalue weighted by Gasteiger charge is 2.74. The van der Waals surface area contributed by atoms with E-state index in [2.05, 4.69) is 16.1 Å². The smallest absolute Gasteiger partial charge is 0.454 e. The summed E-state index contributed by atoms with van der Waals surface area (Å²) in [4.78, 5) is 11.0. The van der Waals surface area contributed by atoms with E-state index in [0.29, 0.717) is 0 Å². The molecule has 0 aliphatic rings. The molecule has 0 heterocycles. The van der Waals surface area contributed by atoms with Gasteiger partial charge in [0.2, 0.25) is 0 Å². The van der Waals surface area contributed by atoms with E-state index in [0.717, 1.165) is 6.92 Å². The summed E-state index contributed by atoms with van der Waals surface area (Å²) in [5.74, 6) is -7.13. The lowest BCUT2D eigenvalue weighted by Crippen LogP contribution is -2.56. The van der Waals surface area contributed by atoms with Crippen LogP contribution in [0.5, 0.6) is 0 Å². The molecule has 0 fully saturated rings. The van der Waals surface area contributed by atoms with Gasteiger partial charge in [0.1, 0.15) is 6.10 Å². The van der Waals surface area contributed by atoms with Crippen molar-refractivity contribution in [3.8, 4) is 0 Å². The third-order valence-corrected chi connectivity index (χ3v) is 2.02. The molecule has 1 atom stereocenters. The molecule has 4 nitrogen and oxygen atoms in total. The minimum absolute atomic E-state index is 0.230. The van der Waals surface area contributed by atoms with E-state index in [9.17, 15) is 35.5 Å². The van der Waals surface area contributed by atoms with Gasteiger partial charge < -0.3 is 14.6 Å². The molecular formula is C10H11F7O4. The molecule has 0 rings (SSSR count). The van der Waals surface area contributed by atoms with E-state index >= 15 is 0 Å². The van der Waals surface area contributed by atoms with Crippen molar-refractivity contribution >= 4 is 5.97 Å². The Labute approximate surface area is 114 Å². The third-order valence-electron chi connectivity index (χ3n) is 2.02. The number of alkyl halides is 7. The number of esters is 1. The van der Waals surface area contributed by atoms with Crippen LogP contribution in [0.15, 0.2) is 12.2 Å². The SMILES string of the molecule is C=C(C)C(=O)OC(CO)COC(F)(C(F)(F)F)C(F)(F)F. The summed E-state index contributed by atoms with van der Waals surface area (Å²) in [6.45, 7) is 1.40. The zero-order chi connectivity index (χ0) is 17.1. The van der Waals surface area contributed by atoms with Crippen molar-refractivity contribution < 1.29 is 50.1 Å². The highest BCUT2D eigenvalue weighted by atomic mass is 19.4. The maximum absolute atomic E-state index is 13.1. The number of aliphatic hydroxyl groups excluding tert-OH is 1. The normalized spacial score (nSPS) is 14.7. The van der Waals surface area contributed by atoms with Crippen molar-refractivity contribution in [3.63, 3.8) is 0 Å². The summed E-state index contributed by atoms with van der Waals surface area (Å²) in [5.41, 5.74) is -0.230. The number of rotatable bonds is 6. The van der Waals surface area contributed by atoms with Crippen LogP contribution in [0, 0.1) is 0 Å². The van der Waals surface area contributed by atoms with Crippen LogP contribution in [-0.2, 0) is 14.3 Å². The van der Waals surface area contributed by atoms with Crippen LogP contribution >= 0.6 is 0 Å². The van der Waals surface area contributed by atoms with E-state index in [-0.39, 0.29) is 5.57 Å². The number of carbonyl (C=O) groups excluding carboxylic acids is 1. The molecule has 0 saturated carbocycles. The van der Waals surface area contributed by atoms with Crippen molar-refractivity contribution in [2.45, 2.75) is 31.2 Å². The quantitative estimate of drug-likeness (QED) is 0.462. The Kier molecular flexibility index (Phi) is 6.17. The predicted octanol–water partition coefficient (Wildman–Crippen LogP) is 2.27. The first-order valence-electron chi connectivity index (χ1n) is 5.20. The van der Waals surface area contributed by atoms with Crippen molar-refractivity contribution in [2.75, 3.05) is 13.2 Å². The molecule has 0 radical (unpaired) electrons. The second-order valence-corrected chi connectivity index (χ2v) is 3.89. The molecule has 1 N–H and O–H groups in total. The number of hydrogen-bond acceptors (Lipinski definition) is 4. The molecule has 0 spiro atoms. The van der Waals surface area contributed by atoms with Crippen LogP contribution in [0.25, 0.3) is 0 Å². The Balaban J connectivity index is 4.98. The number of hydrogen-bond donors (Lipinski definition) is 1. The maximum atomic E-state index is 13.1. The van der Waals surface area contributed by atoms with Gasteiger partial charge in [0.15, 0.2) is 0 Å². The Bertz CT molecular complexity index is 374. The molecule has 0 saturated heterocycles. The van der Waals surface area contributed by atoms with Crippen molar-refractivity contribution in [3.05, 3.63) is 12.2 Å². The van der Waals surface area contributed by atoms with E-state index in [1.807, 2.05) is 0 Å². The summed E-state index contributed by atoms with van der Waals surface area (Å²) in [7, 11) is 0. The summed E-state index contributed by atoms with van der Waals surface area (Å²) in [6, 6.07) is 0. The zero-order valence-corrected chi connectivity index (χ0v) is 10.5. The maximum Gasteiger partial charge on any atom is 0.458 e. The zero-order valence-electron chi connectivity index (χ0n) is 10.5. The van der Waals surface area contributed by atoms with Gasteiger partial charge in [-0.15, -0.1) is 0 Å². The Morgan fingerprint density at radius 1 is 1.14 bits per heavy atom. The average Bonchev–Trinajstić information content (AvgIpc) is 2.30. The molecule has 21 heavy (non-hydrogen) atoms. The van der Waals surface area contributed by atoms with Gasteiger partial charge in [-0.05, 0) is 6.92 Å². The number of carbonyl (C=O) groups is 1. The van der Waals surface area contributed by atoms with Gasteiger partial charge in [0, 0.05) is 5.57 Å². The van der Waals surface area contributed by atoms with E-state index in [1.54, 1.807) is 0 Å². The Hall–Kier alpha value is -1.36. The van der Waals surface area contributed by atoms with Gasteiger partial charge in [-0.1, -0.05) is 6.58 Å². The Morgan fingerprint density at radius 3 is 1.86 bits per heavy atom. The molecule has 0 aromatic heterocycles. The first kappa shape index (κ1) is 19.6. The molecule has 0 aliphatic carbocycles. The lowest BCUT2D eigenvalue weighted by Gasteiger charge is -2.30. The second-order valence-electron chi connectivity index (χ2n) is 3.89. The van der Waals surface area contributed by atoms with Gasteiger partial charge in [-0.25, -0.2) is 4.79 Å². The average molecular weight is 328 g/mol. The van der Waals surface area contributed by atoms with E-state index in [1.165, 1.54) is 0 Å². The topological polar surface area (TPSA) is 55.8 Å². The highest BCUT2D eigenvalue weighted by molar-refractivity contribution is 5.87. The fourth-order valence-corrected chi connectivity index (χ4v) is 0.908. The van der Waals surface area contributed by atoms with Crippen LogP contribution in [-0.4, -0.2) is 48.6 Å². The van der Waals surface area contributed by atoms with Gasteiger partial charge in [0.05, 0.1) is 13.2 Å². The minimum atomic E-state index is -6.40. The molecule has 0 aromatic carbocycles. The first-order chi connectivity index (χ1) is 9.26. The third kappa shape index (κ3) is 4.84. The fourth-order valence-electron chi connectivity index (χ4n) is 0.908. The molecule has 1 unspecified atom stereocenters. The van der Waals surface area contributed by atoms with Gasteiger partial charge in [-0.3, -0.25) is 0 Å². The molecule has 124 valence electrons. The second kappa shape index (κ2) is 6.60. The lowest BCUT2D eigenvalue weighted by atomic mass is 10.2. The lowest BCUT2D eigenvalue weighted by molar-refractivity contribution is -0.432. The summed E-state index contributed by atoms with van der Waals surface area (Å²) < 4.78 is 93.4. The summed E-state index contributed by atoms with van der Waals surface area (Å²) in [5, 5.41) is 8.69. The minimum Gasteiger partial charge on any atom is -0.454 e. The highest BCUT2D eigenvalue weighted by Crippen LogP contribution is 2.46. The molecule has 0 bridgehead atoms. The number of aliphatic hydroxyl groups is 1.